The van der Waals surface area contributed by atoms with E-state index in [-0.39, 0.29) is 0 Å². The Bertz CT molecular complexity index is 717. The van der Waals surface area contributed by atoms with Crippen LogP contribution in [0.1, 0.15) is 21.6 Å². The number of hydrogen-bond donors (Lipinski definition) is 1. The lowest BCUT2D eigenvalue weighted by Gasteiger charge is -1.91. The molecule has 0 unspecified atom stereocenters. The van der Waals surface area contributed by atoms with Crippen LogP contribution in [0.3, 0.4) is 0 Å². The maximum Gasteiger partial charge on any atom is 0.150 e. The predicted molar refractivity (Wildman–Crippen MR) is 69.8 cm³/mol. The average Bonchev–Trinajstić information content (AvgIpc) is 2.92. The zero-order valence-corrected chi connectivity index (χ0v) is 10.3. The molecule has 0 bridgehead atoms. The summed E-state index contributed by atoms with van der Waals surface area (Å²) in [5, 5.41) is 0. The van der Waals surface area contributed by atoms with Crippen LogP contribution in [0.25, 0.3) is 17.0 Å². The van der Waals surface area contributed by atoms with Gasteiger partial charge >= 0.3 is 0 Å². The van der Waals surface area contributed by atoms with Crippen molar-refractivity contribution in [1.29, 1.82) is 0 Å². The standard InChI is InChI=1S/C14H13N3O/c1-9-5-12(15-10(9)2)13-7-17-4-3-11(8-18)6-14(17)16-13/h3-8,15H,1-2H3. The first-order valence-electron chi connectivity index (χ1n) is 5.78. The molecule has 0 fully saturated rings. The van der Waals surface area contributed by atoms with Gasteiger partial charge in [-0.3, -0.25) is 4.79 Å². The largest absolute Gasteiger partial charge is 0.357 e. The Morgan fingerprint density at radius 3 is 2.83 bits per heavy atom. The summed E-state index contributed by atoms with van der Waals surface area (Å²) in [5.41, 5.74) is 5.67. The topological polar surface area (TPSA) is 50.2 Å². The van der Waals surface area contributed by atoms with E-state index in [1.165, 1.54) is 5.56 Å². The van der Waals surface area contributed by atoms with Gasteiger partial charge in [-0.25, -0.2) is 4.98 Å². The number of pyridine rings is 1. The molecule has 3 heterocycles. The first-order valence-corrected chi connectivity index (χ1v) is 5.78. The number of H-pyrrole nitrogens is 1. The van der Waals surface area contributed by atoms with E-state index in [4.69, 9.17) is 0 Å². The fraction of sp³-hybridized carbons (Fsp3) is 0.143. The highest BCUT2D eigenvalue weighted by Gasteiger charge is 2.08. The monoisotopic (exact) mass is 239 g/mol. The number of carbonyl (C=O) groups is 1. The molecular weight excluding hydrogens is 226 g/mol. The van der Waals surface area contributed by atoms with Gasteiger partial charge in [0.05, 0.1) is 5.69 Å². The molecule has 0 saturated heterocycles. The molecule has 3 aromatic heterocycles. The van der Waals surface area contributed by atoms with Gasteiger partial charge in [0, 0.05) is 23.7 Å². The Balaban J connectivity index is 2.15. The van der Waals surface area contributed by atoms with Crippen LogP contribution in [-0.4, -0.2) is 20.7 Å². The zero-order chi connectivity index (χ0) is 12.7. The minimum Gasteiger partial charge on any atom is -0.357 e. The van der Waals surface area contributed by atoms with E-state index in [1.54, 1.807) is 12.1 Å². The van der Waals surface area contributed by atoms with Crippen molar-refractivity contribution < 1.29 is 4.79 Å². The van der Waals surface area contributed by atoms with Gasteiger partial charge in [0.25, 0.3) is 0 Å². The molecule has 3 aromatic rings. The summed E-state index contributed by atoms with van der Waals surface area (Å²) in [7, 11) is 0. The lowest BCUT2D eigenvalue weighted by molar-refractivity contribution is 0.112. The third-order valence-electron chi connectivity index (χ3n) is 3.17. The molecule has 4 nitrogen and oxygen atoms in total. The fourth-order valence-electron chi connectivity index (χ4n) is 2.00. The third-order valence-corrected chi connectivity index (χ3v) is 3.17. The van der Waals surface area contributed by atoms with Crippen LogP contribution in [0.4, 0.5) is 0 Å². The number of carbonyl (C=O) groups excluding carboxylic acids is 1. The number of rotatable bonds is 2. The van der Waals surface area contributed by atoms with Crippen molar-refractivity contribution in [3.8, 4) is 11.4 Å². The van der Waals surface area contributed by atoms with Gasteiger partial charge in [0.1, 0.15) is 17.6 Å². The van der Waals surface area contributed by atoms with Gasteiger partial charge in [0.2, 0.25) is 0 Å². The number of nitrogens with zero attached hydrogens (tertiary/aromatic N) is 2. The Kier molecular flexibility index (Phi) is 2.30. The molecule has 4 heteroatoms. The van der Waals surface area contributed by atoms with Crippen molar-refractivity contribution in [1.82, 2.24) is 14.4 Å². The van der Waals surface area contributed by atoms with Crippen LogP contribution in [0.2, 0.25) is 0 Å². The molecule has 0 aliphatic rings. The third kappa shape index (κ3) is 1.62. The zero-order valence-electron chi connectivity index (χ0n) is 10.3. The summed E-state index contributed by atoms with van der Waals surface area (Å²) in [6.45, 7) is 4.11. The van der Waals surface area contributed by atoms with E-state index in [9.17, 15) is 4.79 Å². The Morgan fingerprint density at radius 2 is 2.17 bits per heavy atom. The number of nitrogens with one attached hydrogen (secondary N) is 1. The minimum atomic E-state index is 0.637. The van der Waals surface area contributed by atoms with E-state index in [0.717, 1.165) is 29.0 Å². The van der Waals surface area contributed by atoms with Crippen molar-refractivity contribution >= 4 is 11.9 Å². The van der Waals surface area contributed by atoms with Gasteiger partial charge in [-0.15, -0.1) is 0 Å². The summed E-state index contributed by atoms with van der Waals surface area (Å²) >= 11 is 0. The minimum absolute atomic E-state index is 0.637. The van der Waals surface area contributed by atoms with Gasteiger partial charge in [-0.1, -0.05) is 0 Å². The molecule has 1 N–H and O–H groups in total. The molecule has 0 atom stereocenters. The van der Waals surface area contributed by atoms with Crippen LogP contribution in [-0.2, 0) is 0 Å². The average molecular weight is 239 g/mol. The molecule has 90 valence electrons. The second-order valence-corrected chi connectivity index (χ2v) is 4.46. The van der Waals surface area contributed by atoms with Gasteiger partial charge < -0.3 is 9.38 Å². The summed E-state index contributed by atoms with van der Waals surface area (Å²) < 4.78 is 1.91. The molecule has 0 aliphatic heterocycles. The first kappa shape index (κ1) is 10.8. The highest BCUT2D eigenvalue weighted by atomic mass is 16.1. The molecule has 0 aromatic carbocycles. The van der Waals surface area contributed by atoms with Crippen LogP contribution < -0.4 is 0 Å². The van der Waals surface area contributed by atoms with Crippen LogP contribution >= 0.6 is 0 Å². The Labute approximate surface area is 104 Å². The Morgan fingerprint density at radius 1 is 1.33 bits per heavy atom. The SMILES string of the molecule is Cc1cc(-c2cn3ccc(C=O)cc3n2)[nH]c1C. The maximum absolute atomic E-state index is 10.7. The van der Waals surface area contributed by atoms with Crippen molar-refractivity contribution in [2.45, 2.75) is 13.8 Å². The molecule has 0 spiro atoms. The predicted octanol–water partition coefficient (Wildman–Crippen LogP) is 2.76. The van der Waals surface area contributed by atoms with Crippen molar-refractivity contribution in [3.05, 3.63) is 47.4 Å². The number of aryl methyl sites for hydroxylation is 2. The number of aldehydes is 1. The number of aromatic nitrogens is 3. The van der Waals surface area contributed by atoms with E-state index in [2.05, 4.69) is 23.0 Å². The number of imidazole rings is 1. The van der Waals surface area contributed by atoms with Crippen LogP contribution in [0.5, 0.6) is 0 Å². The van der Waals surface area contributed by atoms with Gasteiger partial charge in [-0.05, 0) is 37.6 Å². The fourth-order valence-corrected chi connectivity index (χ4v) is 2.00. The van der Waals surface area contributed by atoms with E-state index in [0.29, 0.717) is 5.56 Å². The van der Waals surface area contributed by atoms with Crippen LogP contribution in [0, 0.1) is 13.8 Å². The van der Waals surface area contributed by atoms with Crippen molar-refractivity contribution in [2.75, 3.05) is 0 Å². The van der Waals surface area contributed by atoms with Gasteiger partial charge in [-0.2, -0.15) is 0 Å². The summed E-state index contributed by atoms with van der Waals surface area (Å²) in [4.78, 5) is 18.6. The van der Waals surface area contributed by atoms with E-state index < -0.39 is 0 Å². The maximum atomic E-state index is 10.7. The second kappa shape index (κ2) is 3.84. The number of fused-ring (bicyclic) bond motifs is 1. The molecule has 3 rings (SSSR count). The highest BCUT2D eigenvalue weighted by molar-refractivity contribution is 5.77. The smallest absolute Gasteiger partial charge is 0.150 e. The summed E-state index contributed by atoms with van der Waals surface area (Å²) in [6, 6.07) is 5.63. The van der Waals surface area contributed by atoms with Crippen molar-refractivity contribution in [3.63, 3.8) is 0 Å². The molecular formula is C14H13N3O. The second-order valence-electron chi connectivity index (χ2n) is 4.46. The highest BCUT2D eigenvalue weighted by Crippen LogP contribution is 2.21. The number of aromatic amines is 1. The lowest BCUT2D eigenvalue weighted by Crippen LogP contribution is -1.85. The molecule has 0 amide bonds. The quantitative estimate of drug-likeness (QED) is 0.699. The van der Waals surface area contributed by atoms with Crippen molar-refractivity contribution in [2.24, 2.45) is 0 Å². The number of hydrogen-bond acceptors (Lipinski definition) is 2. The van der Waals surface area contributed by atoms with Crippen LogP contribution in [0.15, 0.2) is 30.6 Å². The Hall–Kier alpha value is -2.36. The summed E-state index contributed by atoms with van der Waals surface area (Å²) in [5.74, 6) is 0. The lowest BCUT2D eigenvalue weighted by atomic mass is 10.2. The van der Waals surface area contributed by atoms with E-state index >= 15 is 0 Å². The molecule has 0 saturated carbocycles. The molecule has 0 radical (unpaired) electrons. The first-order chi connectivity index (χ1) is 8.67. The normalized spacial score (nSPS) is 11.0. The molecule has 18 heavy (non-hydrogen) atoms. The van der Waals surface area contributed by atoms with Gasteiger partial charge in [0.15, 0.2) is 0 Å². The van der Waals surface area contributed by atoms with E-state index in [1.807, 2.05) is 23.7 Å². The summed E-state index contributed by atoms with van der Waals surface area (Å²) in [6.07, 6.45) is 4.63. The molecule has 0 aliphatic carbocycles.